The Hall–Kier alpha value is -1.75. The molecule has 1 atom stereocenters. The highest BCUT2D eigenvalue weighted by Gasteiger charge is 2.24. The van der Waals surface area contributed by atoms with Crippen molar-refractivity contribution in [3.05, 3.63) is 59.4 Å². The van der Waals surface area contributed by atoms with E-state index in [1.165, 1.54) is 0 Å². The Kier molecular flexibility index (Phi) is 5.84. The Labute approximate surface area is 158 Å². The van der Waals surface area contributed by atoms with Gasteiger partial charge in [-0.1, -0.05) is 35.9 Å². The summed E-state index contributed by atoms with van der Waals surface area (Å²) < 4.78 is 13.9. The monoisotopic (exact) mass is 377 g/mol. The topological polar surface area (TPSA) is 36.3 Å². The first-order valence-electron chi connectivity index (χ1n) is 8.27. The van der Waals surface area contributed by atoms with Gasteiger partial charge >= 0.3 is 0 Å². The third-order valence-electron chi connectivity index (χ3n) is 4.31. The number of aromatic nitrogens is 2. The van der Waals surface area contributed by atoms with E-state index in [2.05, 4.69) is 10.6 Å². The van der Waals surface area contributed by atoms with Gasteiger partial charge in [-0.25, -0.2) is 4.98 Å². The molecule has 0 N–H and O–H groups in total. The summed E-state index contributed by atoms with van der Waals surface area (Å²) in [6.45, 7) is 2.05. The van der Waals surface area contributed by atoms with Crippen LogP contribution in [0.25, 0.3) is 11.0 Å². The molecule has 1 unspecified atom stereocenters. The molecular weight excluding hydrogens is 359 g/mol. The van der Waals surface area contributed by atoms with E-state index in [-0.39, 0.29) is 18.5 Å². The molecule has 3 aromatic rings. The molecule has 1 aromatic heterocycles. The second-order valence-electron chi connectivity index (χ2n) is 5.89. The minimum atomic E-state index is 0. The van der Waals surface area contributed by atoms with Crippen LogP contribution in [0.4, 0.5) is 0 Å². The van der Waals surface area contributed by atoms with E-state index in [0.29, 0.717) is 23.9 Å². The third-order valence-corrected chi connectivity index (χ3v) is 4.62. The van der Waals surface area contributed by atoms with Crippen LogP contribution >= 0.6 is 11.6 Å². The largest absolute Gasteiger partial charge is 1.00 e. The Bertz CT molecular complexity index is 844. The van der Waals surface area contributed by atoms with E-state index in [4.69, 9.17) is 26.1 Å². The highest BCUT2D eigenvalue weighted by atomic mass is 35.5. The first kappa shape index (κ1) is 18.1. The quantitative estimate of drug-likeness (QED) is 0.677. The van der Waals surface area contributed by atoms with Crippen LogP contribution < -0.4 is 17.1 Å². The lowest BCUT2D eigenvalue weighted by molar-refractivity contribution is -0.00000624. The van der Waals surface area contributed by atoms with E-state index in [1.54, 1.807) is 0 Å². The van der Waals surface area contributed by atoms with E-state index < -0.39 is 0 Å². The minimum absolute atomic E-state index is 0. The highest BCUT2D eigenvalue weighted by Crippen LogP contribution is 2.30. The fraction of sp³-hybridized carbons (Fsp3) is 0.316. The van der Waals surface area contributed by atoms with Crippen molar-refractivity contribution >= 4 is 22.6 Å². The number of hydrogen-bond acceptors (Lipinski definition) is 3. The molecule has 4 nitrogen and oxygen atoms in total. The lowest BCUT2D eigenvalue weighted by Gasteiger charge is -2.14. The molecule has 2 heterocycles. The summed E-state index contributed by atoms with van der Waals surface area (Å²) in [5.41, 5.74) is 2.12. The lowest BCUT2D eigenvalue weighted by Crippen LogP contribution is -3.00. The molecule has 132 valence electrons. The molecule has 2 aromatic carbocycles. The van der Waals surface area contributed by atoms with Gasteiger partial charge in [0.2, 0.25) is 0 Å². The molecule has 0 bridgehead atoms. The molecule has 25 heavy (non-hydrogen) atoms. The Morgan fingerprint density at radius 2 is 1.96 bits per heavy atom. The van der Waals surface area contributed by atoms with Gasteiger partial charge in [0, 0.05) is 6.61 Å². The van der Waals surface area contributed by atoms with Crippen LogP contribution in [0.2, 0.25) is 5.02 Å². The molecule has 1 aliphatic rings. The van der Waals surface area contributed by atoms with Gasteiger partial charge in [-0.3, -0.25) is 0 Å². The number of benzene rings is 2. The summed E-state index contributed by atoms with van der Waals surface area (Å²) in [4.78, 5) is 4.79. The number of ether oxygens (including phenoxy) is 2. The van der Waals surface area contributed by atoms with Crippen molar-refractivity contribution < 1.29 is 21.9 Å². The smallest absolute Gasteiger partial charge is 0.139 e. The van der Waals surface area contributed by atoms with Gasteiger partial charge in [-0.15, -0.1) is 0 Å². The zero-order valence-corrected chi connectivity index (χ0v) is 15.2. The molecule has 6 heteroatoms. The highest BCUT2D eigenvalue weighted by molar-refractivity contribution is 6.32. The average molecular weight is 378 g/mol. The number of rotatable bonds is 5. The summed E-state index contributed by atoms with van der Waals surface area (Å²) >= 11 is 6.15. The molecule has 0 saturated carbocycles. The number of fused-ring (bicyclic) bond motifs is 1. The third kappa shape index (κ3) is 3.76. The standard InChI is InChI=1S/C19H19ClN2O2.ClH/c20-14-6-1-4-9-17(14)24-13-11-22-16-8-3-2-7-15(16)21-19(22)18-10-5-12-23-18;/h1-4,6-9,18H,5,10-13H2;1H/p-1. The van der Waals surface area contributed by atoms with E-state index in [0.717, 1.165) is 36.3 Å². The average Bonchev–Trinajstić information content (AvgIpc) is 3.24. The molecule has 1 fully saturated rings. The van der Waals surface area contributed by atoms with Gasteiger partial charge in [0.1, 0.15) is 24.3 Å². The number of nitrogens with zero attached hydrogens (tertiary/aromatic N) is 2. The lowest BCUT2D eigenvalue weighted by atomic mass is 10.2. The van der Waals surface area contributed by atoms with Crippen molar-refractivity contribution in [1.82, 2.24) is 9.55 Å². The van der Waals surface area contributed by atoms with Crippen LogP contribution in [0.3, 0.4) is 0 Å². The van der Waals surface area contributed by atoms with E-state index >= 15 is 0 Å². The molecule has 1 aliphatic heterocycles. The Morgan fingerprint density at radius 1 is 1.16 bits per heavy atom. The first-order chi connectivity index (χ1) is 11.8. The van der Waals surface area contributed by atoms with Crippen molar-refractivity contribution in [2.45, 2.75) is 25.5 Å². The van der Waals surface area contributed by atoms with Gasteiger partial charge < -0.3 is 26.4 Å². The van der Waals surface area contributed by atoms with Crippen LogP contribution in [0.15, 0.2) is 48.5 Å². The number of para-hydroxylation sites is 3. The second kappa shape index (κ2) is 8.09. The van der Waals surface area contributed by atoms with Crippen LogP contribution in [0, 0.1) is 0 Å². The fourth-order valence-electron chi connectivity index (χ4n) is 3.16. The SMILES string of the molecule is Clc1ccccc1OCCn1c(C2CCCO2)nc2ccccc21.[Cl-]. The maximum atomic E-state index is 6.15. The maximum Gasteiger partial charge on any atom is 0.139 e. The molecule has 0 spiro atoms. The summed E-state index contributed by atoms with van der Waals surface area (Å²) in [5, 5.41) is 0.632. The predicted octanol–water partition coefficient (Wildman–Crippen LogP) is 1.62. The van der Waals surface area contributed by atoms with E-state index in [9.17, 15) is 0 Å². The van der Waals surface area contributed by atoms with Crippen LogP contribution in [-0.4, -0.2) is 22.8 Å². The normalized spacial score (nSPS) is 16.8. The zero-order chi connectivity index (χ0) is 16.4. The van der Waals surface area contributed by atoms with Gasteiger partial charge in [0.05, 0.1) is 22.6 Å². The summed E-state index contributed by atoms with van der Waals surface area (Å²) in [5.74, 6) is 1.71. The number of halogens is 2. The predicted molar refractivity (Wildman–Crippen MR) is 94.6 cm³/mol. The van der Waals surface area contributed by atoms with Crippen molar-refractivity contribution in [2.75, 3.05) is 13.2 Å². The van der Waals surface area contributed by atoms with Gasteiger partial charge in [-0.2, -0.15) is 0 Å². The van der Waals surface area contributed by atoms with Crippen molar-refractivity contribution in [3.63, 3.8) is 0 Å². The Balaban J connectivity index is 0.00000182. The zero-order valence-electron chi connectivity index (χ0n) is 13.7. The summed E-state index contributed by atoms with van der Waals surface area (Å²) in [6, 6.07) is 15.7. The minimum Gasteiger partial charge on any atom is -1.00 e. The van der Waals surface area contributed by atoms with Crippen LogP contribution in [0.1, 0.15) is 24.8 Å². The van der Waals surface area contributed by atoms with E-state index in [1.807, 2.05) is 42.5 Å². The van der Waals surface area contributed by atoms with Crippen LogP contribution in [-0.2, 0) is 11.3 Å². The van der Waals surface area contributed by atoms with Crippen molar-refractivity contribution in [1.29, 1.82) is 0 Å². The molecular formula is C19H19Cl2N2O2-. The van der Waals surface area contributed by atoms with Crippen molar-refractivity contribution in [2.24, 2.45) is 0 Å². The molecule has 4 rings (SSSR count). The molecule has 0 radical (unpaired) electrons. The summed E-state index contributed by atoms with van der Waals surface area (Å²) in [7, 11) is 0. The summed E-state index contributed by atoms with van der Waals surface area (Å²) in [6.07, 6.45) is 2.19. The molecule has 0 amide bonds. The Morgan fingerprint density at radius 3 is 2.76 bits per heavy atom. The maximum absolute atomic E-state index is 6.15. The van der Waals surface area contributed by atoms with Crippen molar-refractivity contribution in [3.8, 4) is 5.75 Å². The number of hydrogen-bond donors (Lipinski definition) is 0. The first-order valence-corrected chi connectivity index (χ1v) is 8.65. The molecule has 1 saturated heterocycles. The van der Waals surface area contributed by atoms with Crippen LogP contribution in [0.5, 0.6) is 5.75 Å². The molecule has 0 aliphatic carbocycles. The van der Waals surface area contributed by atoms with Gasteiger partial charge in [0.25, 0.3) is 0 Å². The van der Waals surface area contributed by atoms with Gasteiger partial charge in [-0.05, 0) is 37.1 Å². The number of imidazole rings is 1. The second-order valence-corrected chi connectivity index (χ2v) is 6.30. The fourth-order valence-corrected chi connectivity index (χ4v) is 3.36. The van der Waals surface area contributed by atoms with Gasteiger partial charge in [0.15, 0.2) is 0 Å².